The molecule has 2 heteroatoms. The molecule has 0 amide bonds. The highest BCUT2D eigenvalue weighted by Crippen LogP contribution is 1.90. The molecule has 54 valence electrons. The Balaban J connectivity index is 3.15. The van der Waals surface area contributed by atoms with Crippen LogP contribution in [-0.4, -0.2) is 24.8 Å². The largest absolute Gasteiger partial charge is 0.300 e. The smallest absolute Gasteiger partial charge is 0.0356 e. The van der Waals surface area contributed by atoms with Gasteiger partial charge in [-0.2, -0.15) is 5.10 Å². The molecule has 9 heavy (non-hydrogen) atoms. The van der Waals surface area contributed by atoms with Crippen molar-refractivity contribution >= 4 is 6.21 Å². The van der Waals surface area contributed by atoms with E-state index in [1.165, 1.54) is 12.8 Å². The summed E-state index contributed by atoms with van der Waals surface area (Å²) in [6.45, 7) is 5.19. The predicted octanol–water partition coefficient (Wildman–Crippen LogP) is 1.72. The van der Waals surface area contributed by atoms with Gasteiger partial charge in [-0.05, 0) is 13.3 Å². The van der Waals surface area contributed by atoms with Crippen molar-refractivity contribution in [1.82, 2.24) is 5.01 Å². The molecule has 0 N–H and O–H groups in total. The second-order valence-electron chi connectivity index (χ2n) is 2.11. The van der Waals surface area contributed by atoms with E-state index in [2.05, 4.69) is 12.0 Å². The molecule has 0 aliphatic heterocycles. The lowest BCUT2D eigenvalue weighted by Crippen LogP contribution is -2.11. The molecule has 0 aromatic heterocycles. The number of rotatable bonds is 4. The van der Waals surface area contributed by atoms with Gasteiger partial charge in [0.1, 0.15) is 0 Å². The van der Waals surface area contributed by atoms with E-state index in [4.69, 9.17) is 0 Å². The summed E-state index contributed by atoms with van der Waals surface area (Å²) >= 11 is 0. The molecule has 0 spiro atoms. The van der Waals surface area contributed by atoms with E-state index in [9.17, 15) is 0 Å². The molecule has 0 heterocycles. The summed E-state index contributed by atoms with van der Waals surface area (Å²) in [6.07, 6.45) is 4.28. The summed E-state index contributed by atoms with van der Waals surface area (Å²) in [7, 11) is 2.00. The molecule has 0 saturated carbocycles. The van der Waals surface area contributed by atoms with Crippen molar-refractivity contribution in [3.05, 3.63) is 0 Å². The first kappa shape index (κ1) is 8.47. The van der Waals surface area contributed by atoms with E-state index in [0.717, 1.165) is 6.54 Å². The summed E-state index contributed by atoms with van der Waals surface area (Å²) < 4.78 is 0. The Morgan fingerprint density at radius 1 is 1.56 bits per heavy atom. The fraction of sp³-hybridized carbons (Fsp3) is 0.857. The van der Waals surface area contributed by atoms with Crippen LogP contribution in [0.4, 0.5) is 0 Å². The van der Waals surface area contributed by atoms with E-state index in [1.807, 2.05) is 25.2 Å². The molecule has 0 bridgehead atoms. The Morgan fingerprint density at radius 2 is 2.22 bits per heavy atom. The molecule has 2 nitrogen and oxygen atoms in total. The predicted molar refractivity (Wildman–Crippen MR) is 41.7 cm³/mol. The summed E-state index contributed by atoms with van der Waals surface area (Å²) in [5, 5.41) is 6.03. The van der Waals surface area contributed by atoms with E-state index in [1.54, 1.807) is 0 Å². The second kappa shape index (κ2) is 5.60. The molecular formula is C7H16N2. The minimum absolute atomic E-state index is 1.07. The van der Waals surface area contributed by atoms with Crippen LogP contribution < -0.4 is 0 Å². The lowest BCUT2D eigenvalue weighted by molar-refractivity contribution is 0.348. The molecule has 0 aliphatic carbocycles. The topological polar surface area (TPSA) is 15.6 Å². The van der Waals surface area contributed by atoms with Crippen molar-refractivity contribution < 1.29 is 0 Å². The van der Waals surface area contributed by atoms with Gasteiger partial charge in [-0.15, -0.1) is 0 Å². The summed E-state index contributed by atoms with van der Waals surface area (Å²) in [4.78, 5) is 0. The lowest BCUT2D eigenvalue weighted by Gasteiger charge is -2.10. The van der Waals surface area contributed by atoms with Gasteiger partial charge < -0.3 is 5.01 Å². The molecule has 0 aliphatic rings. The van der Waals surface area contributed by atoms with Gasteiger partial charge in [-0.25, -0.2) is 0 Å². The summed E-state index contributed by atoms with van der Waals surface area (Å²) in [5.74, 6) is 0. The molecule has 0 aromatic rings. The van der Waals surface area contributed by atoms with Crippen molar-refractivity contribution in [2.24, 2.45) is 5.10 Å². The molecule has 0 rings (SSSR count). The highest BCUT2D eigenvalue weighted by atomic mass is 15.4. The van der Waals surface area contributed by atoms with Crippen LogP contribution in [0.5, 0.6) is 0 Å². The van der Waals surface area contributed by atoms with Crippen LogP contribution in [0.2, 0.25) is 0 Å². The highest BCUT2D eigenvalue weighted by molar-refractivity contribution is 5.52. The Kier molecular flexibility index (Phi) is 5.27. The number of unbranched alkanes of at least 4 members (excludes halogenated alkanes) is 1. The average Bonchev–Trinajstić information content (AvgIpc) is 1.85. The third-order valence-corrected chi connectivity index (χ3v) is 1.15. The molecule has 0 radical (unpaired) electrons. The standard InChI is InChI=1S/C7H16N2/c1-4-6-7-9(3)8-5-2/h5H,4,6-7H2,1-3H3. The average molecular weight is 128 g/mol. The van der Waals surface area contributed by atoms with Gasteiger partial charge in [0.2, 0.25) is 0 Å². The Morgan fingerprint density at radius 3 is 2.67 bits per heavy atom. The van der Waals surface area contributed by atoms with Crippen LogP contribution in [-0.2, 0) is 0 Å². The fourth-order valence-corrected chi connectivity index (χ4v) is 0.642. The number of hydrazone groups is 1. The molecule has 0 aromatic carbocycles. The lowest BCUT2D eigenvalue weighted by atomic mass is 10.3. The van der Waals surface area contributed by atoms with Crippen LogP contribution in [0.3, 0.4) is 0 Å². The molecule has 0 atom stereocenters. The zero-order chi connectivity index (χ0) is 7.11. The number of hydrogen-bond acceptors (Lipinski definition) is 2. The maximum atomic E-state index is 4.07. The Bertz CT molecular complexity index is 79.0. The number of hydrogen-bond donors (Lipinski definition) is 0. The van der Waals surface area contributed by atoms with Gasteiger partial charge in [0, 0.05) is 19.8 Å². The van der Waals surface area contributed by atoms with Gasteiger partial charge >= 0.3 is 0 Å². The minimum Gasteiger partial charge on any atom is -0.300 e. The zero-order valence-corrected chi connectivity index (χ0v) is 6.59. The SMILES string of the molecule is CC=NN(C)CCCC. The van der Waals surface area contributed by atoms with Gasteiger partial charge in [0.25, 0.3) is 0 Å². The Hall–Kier alpha value is -0.530. The second-order valence-corrected chi connectivity index (χ2v) is 2.11. The van der Waals surface area contributed by atoms with Crippen molar-refractivity contribution in [2.45, 2.75) is 26.7 Å². The van der Waals surface area contributed by atoms with Gasteiger partial charge in [-0.1, -0.05) is 13.3 Å². The first-order chi connectivity index (χ1) is 4.31. The van der Waals surface area contributed by atoms with Crippen LogP contribution in [0, 0.1) is 0 Å². The van der Waals surface area contributed by atoms with E-state index >= 15 is 0 Å². The monoisotopic (exact) mass is 128 g/mol. The van der Waals surface area contributed by atoms with Crippen molar-refractivity contribution in [3.63, 3.8) is 0 Å². The normalized spacial score (nSPS) is 10.6. The molecule has 0 fully saturated rings. The maximum absolute atomic E-state index is 4.07. The van der Waals surface area contributed by atoms with Crippen molar-refractivity contribution in [2.75, 3.05) is 13.6 Å². The van der Waals surface area contributed by atoms with Crippen LogP contribution in [0.1, 0.15) is 26.7 Å². The van der Waals surface area contributed by atoms with Gasteiger partial charge in [0.05, 0.1) is 0 Å². The van der Waals surface area contributed by atoms with Crippen LogP contribution in [0.15, 0.2) is 5.10 Å². The zero-order valence-electron chi connectivity index (χ0n) is 6.59. The quantitative estimate of drug-likeness (QED) is 0.416. The molecule has 0 saturated heterocycles. The van der Waals surface area contributed by atoms with Crippen molar-refractivity contribution in [1.29, 1.82) is 0 Å². The van der Waals surface area contributed by atoms with E-state index in [-0.39, 0.29) is 0 Å². The van der Waals surface area contributed by atoms with Crippen molar-refractivity contribution in [3.8, 4) is 0 Å². The first-order valence-corrected chi connectivity index (χ1v) is 3.51. The first-order valence-electron chi connectivity index (χ1n) is 3.51. The molecule has 0 unspecified atom stereocenters. The highest BCUT2D eigenvalue weighted by Gasteiger charge is 1.87. The Labute approximate surface area is 57.6 Å². The number of nitrogens with zero attached hydrogens (tertiary/aromatic N) is 2. The van der Waals surface area contributed by atoms with E-state index in [0.29, 0.717) is 0 Å². The minimum atomic E-state index is 1.07. The maximum Gasteiger partial charge on any atom is 0.0356 e. The van der Waals surface area contributed by atoms with Crippen LogP contribution >= 0.6 is 0 Å². The molecular weight excluding hydrogens is 112 g/mol. The third-order valence-electron chi connectivity index (χ3n) is 1.15. The third kappa shape index (κ3) is 5.34. The fourth-order valence-electron chi connectivity index (χ4n) is 0.642. The van der Waals surface area contributed by atoms with E-state index < -0.39 is 0 Å². The van der Waals surface area contributed by atoms with Gasteiger partial charge in [-0.3, -0.25) is 0 Å². The summed E-state index contributed by atoms with van der Waals surface area (Å²) in [6, 6.07) is 0. The van der Waals surface area contributed by atoms with Gasteiger partial charge in [0.15, 0.2) is 0 Å². The summed E-state index contributed by atoms with van der Waals surface area (Å²) in [5.41, 5.74) is 0. The van der Waals surface area contributed by atoms with Crippen LogP contribution in [0.25, 0.3) is 0 Å².